The number of allylic oxidation sites excluding steroid dienone is 1. The van der Waals surface area contributed by atoms with Gasteiger partial charge in [0.2, 0.25) is 5.91 Å². The standard InChI is InChI=1S/C47H66FN3O3/c1-29(2)34-18-23-47(42(54)50-28-32-26-31(12-16-36(32)48)41(53)49-27-30-10-13-33(14-11-30)51(8)9)25-24-45(6)35(40(34)47)15-17-38-44(5)21-20-39(52)43(3,4)37(44)19-22-46(38,45)7/h10-14,16,26,34-35,37-40,52H,1,15,17-25,27-28H2,2-9H3,(H,49,53)(H,50,54)/t34-,35?,37?,38?,39?,40?,44?,45+,46?,47?/m0/s1. The van der Waals surface area contributed by atoms with Gasteiger partial charge in [-0.1, -0.05) is 58.9 Å². The highest BCUT2D eigenvalue weighted by Crippen LogP contribution is 2.77. The molecule has 5 fully saturated rings. The van der Waals surface area contributed by atoms with Crippen LogP contribution in [0.4, 0.5) is 10.1 Å². The van der Waals surface area contributed by atoms with Crippen LogP contribution < -0.4 is 15.5 Å². The van der Waals surface area contributed by atoms with Crippen molar-refractivity contribution in [3.63, 3.8) is 0 Å². The van der Waals surface area contributed by atoms with E-state index in [2.05, 4.69) is 58.8 Å². The fraction of sp³-hybridized carbons (Fsp3) is 0.660. The molecule has 2 aromatic carbocycles. The number of carbonyl (C=O) groups is 2. The highest BCUT2D eigenvalue weighted by Gasteiger charge is 2.71. The van der Waals surface area contributed by atoms with Crippen LogP contribution in [0.5, 0.6) is 0 Å². The number of aliphatic hydroxyl groups is 1. The molecule has 8 unspecified atom stereocenters. The number of fused-ring (bicyclic) bond motifs is 7. The fourth-order valence-corrected chi connectivity index (χ4v) is 13.9. The van der Waals surface area contributed by atoms with Crippen molar-refractivity contribution >= 4 is 17.5 Å². The van der Waals surface area contributed by atoms with Gasteiger partial charge in [0.15, 0.2) is 0 Å². The number of rotatable bonds is 8. The first kappa shape index (κ1) is 39.1. The van der Waals surface area contributed by atoms with Crippen molar-refractivity contribution in [3.8, 4) is 0 Å². The molecule has 0 bridgehead atoms. The van der Waals surface area contributed by atoms with Gasteiger partial charge in [-0.25, -0.2) is 4.39 Å². The summed E-state index contributed by atoms with van der Waals surface area (Å²) in [6.45, 7) is 19.4. The lowest BCUT2D eigenvalue weighted by molar-refractivity contribution is -0.246. The summed E-state index contributed by atoms with van der Waals surface area (Å²) in [6.07, 6.45) is 10.0. The molecule has 5 aliphatic carbocycles. The molecule has 0 aromatic heterocycles. The quantitative estimate of drug-likeness (QED) is 0.236. The molecular weight excluding hydrogens is 674 g/mol. The van der Waals surface area contributed by atoms with Gasteiger partial charge in [0.1, 0.15) is 5.82 Å². The summed E-state index contributed by atoms with van der Waals surface area (Å²) in [5.41, 5.74) is 3.81. The Labute approximate surface area is 324 Å². The van der Waals surface area contributed by atoms with E-state index in [1.54, 1.807) is 6.07 Å². The largest absolute Gasteiger partial charge is 0.393 e. The molecule has 294 valence electrons. The Hall–Kier alpha value is -3.19. The summed E-state index contributed by atoms with van der Waals surface area (Å²) >= 11 is 0. The number of aliphatic hydroxyl groups excluding tert-OH is 1. The average Bonchev–Trinajstić information content (AvgIpc) is 3.54. The van der Waals surface area contributed by atoms with E-state index in [1.165, 1.54) is 30.5 Å². The van der Waals surface area contributed by atoms with Crippen molar-refractivity contribution in [1.29, 1.82) is 0 Å². The Morgan fingerprint density at radius 3 is 2.24 bits per heavy atom. The first-order valence-corrected chi connectivity index (χ1v) is 20.8. The van der Waals surface area contributed by atoms with Gasteiger partial charge in [-0.2, -0.15) is 0 Å². The van der Waals surface area contributed by atoms with E-state index < -0.39 is 11.2 Å². The van der Waals surface area contributed by atoms with Crippen molar-refractivity contribution in [2.24, 2.45) is 56.7 Å². The van der Waals surface area contributed by atoms with E-state index in [-0.39, 0.29) is 52.0 Å². The fourth-order valence-electron chi connectivity index (χ4n) is 13.9. The molecule has 2 amide bonds. The monoisotopic (exact) mass is 740 g/mol. The van der Waals surface area contributed by atoms with Crippen molar-refractivity contribution < 1.29 is 19.1 Å². The molecule has 10 atom stereocenters. The summed E-state index contributed by atoms with van der Waals surface area (Å²) in [4.78, 5) is 29.9. The number of nitrogens with one attached hydrogen (secondary N) is 2. The maximum Gasteiger partial charge on any atom is 0.251 e. The minimum absolute atomic E-state index is 0.0414. The van der Waals surface area contributed by atoms with Crippen LogP contribution in [-0.2, 0) is 17.9 Å². The molecule has 0 aliphatic heterocycles. The Kier molecular flexibility index (Phi) is 9.97. The van der Waals surface area contributed by atoms with E-state index in [4.69, 9.17) is 0 Å². The van der Waals surface area contributed by atoms with E-state index in [0.29, 0.717) is 41.3 Å². The number of amides is 2. The van der Waals surface area contributed by atoms with Crippen molar-refractivity contribution in [2.75, 3.05) is 19.0 Å². The second-order valence-corrected chi connectivity index (χ2v) is 20.0. The third-order valence-corrected chi connectivity index (χ3v) is 17.2. The normalized spacial score (nSPS) is 37.9. The molecule has 0 spiro atoms. The molecule has 5 aliphatic rings. The minimum Gasteiger partial charge on any atom is -0.393 e. The average molecular weight is 740 g/mol. The van der Waals surface area contributed by atoms with Gasteiger partial charge < -0.3 is 20.6 Å². The molecular formula is C47H66FN3O3. The van der Waals surface area contributed by atoms with Crippen LogP contribution >= 0.6 is 0 Å². The van der Waals surface area contributed by atoms with Crippen molar-refractivity contribution in [1.82, 2.24) is 10.6 Å². The number of halogens is 1. The van der Waals surface area contributed by atoms with Crippen LogP contribution in [0, 0.1) is 62.5 Å². The number of carbonyl (C=O) groups excluding carboxylic acids is 2. The topological polar surface area (TPSA) is 81.7 Å². The van der Waals surface area contributed by atoms with Crippen LogP contribution in [0.25, 0.3) is 0 Å². The highest BCUT2D eigenvalue weighted by atomic mass is 19.1. The van der Waals surface area contributed by atoms with E-state index in [9.17, 15) is 14.7 Å². The Morgan fingerprint density at radius 1 is 0.833 bits per heavy atom. The van der Waals surface area contributed by atoms with Gasteiger partial charge in [-0.05, 0) is 158 Å². The number of hydrogen-bond acceptors (Lipinski definition) is 4. The van der Waals surface area contributed by atoms with Crippen LogP contribution in [0.3, 0.4) is 0 Å². The summed E-state index contributed by atoms with van der Waals surface area (Å²) in [5.74, 6) is 1.36. The molecule has 7 rings (SSSR count). The van der Waals surface area contributed by atoms with Crippen LogP contribution in [0.2, 0.25) is 0 Å². The smallest absolute Gasteiger partial charge is 0.251 e. The molecule has 2 aromatic rings. The maximum absolute atomic E-state index is 15.3. The molecule has 5 saturated carbocycles. The highest BCUT2D eigenvalue weighted by molar-refractivity contribution is 5.94. The molecule has 3 N–H and O–H groups in total. The molecule has 0 heterocycles. The minimum atomic E-state index is -0.511. The summed E-state index contributed by atoms with van der Waals surface area (Å²) in [5, 5.41) is 17.3. The number of nitrogens with zero attached hydrogens (tertiary/aromatic N) is 1. The molecule has 6 nitrogen and oxygen atoms in total. The summed E-state index contributed by atoms with van der Waals surface area (Å²) in [6, 6.07) is 12.4. The molecule has 7 heteroatoms. The van der Waals surface area contributed by atoms with Gasteiger partial charge in [0, 0.05) is 44.0 Å². The summed E-state index contributed by atoms with van der Waals surface area (Å²) < 4.78 is 15.3. The zero-order valence-electron chi connectivity index (χ0n) is 34.3. The van der Waals surface area contributed by atoms with Crippen LogP contribution in [-0.4, -0.2) is 37.1 Å². The van der Waals surface area contributed by atoms with Crippen LogP contribution in [0.15, 0.2) is 54.6 Å². The third kappa shape index (κ3) is 5.96. The number of benzene rings is 2. The van der Waals surface area contributed by atoms with Gasteiger partial charge in [0.05, 0.1) is 11.5 Å². The zero-order valence-corrected chi connectivity index (χ0v) is 34.3. The zero-order chi connectivity index (χ0) is 39.0. The van der Waals surface area contributed by atoms with Gasteiger partial charge in [-0.15, -0.1) is 0 Å². The van der Waals surface area contributed by atoms with Gasteiger partial charge in [0.25, 0.3) is 5.91 Å². The van der Waals surface area contributed by atoms with Gasteiger partial charge >= 0.3 is 0 Å². The van der Waals surface area contributed by atoms with E-state index >= 15 is 4.39 Å². The maximum atomic E-state index is 15.3. The first-order valence-electron chi connectivity index (χ1n) is 20.8. The van der Waals surface area contributed by atoms with Crippen molar-refractivity contribution in [2.45, 2.75) is 125 Å². The number of hydrogen-bond donors (Lipinski definition) is 3. The van der Waals surface area contributed by atoms with E-state index in [1.807, 2.05) is 43.3 Å². The van der Waals surface area contributed by atoms with Crippen LogP contribution in [0.1, 0.15) is 127 Å². The third-order valence-electron chi connectivity index (χ3n) is 17.2. The second-order valence-electron chi connectivity index (χ2n) is 20.0. The Balaban J connectivity index is 1.09. The predicted molar refractivity (Wildman–Crippen MR) is 215 cm³/mol. The Bertz CT molecular complexity index is 1790. The first-order chi connectivity index (χ1) is 25.4. The van der Waals surface area contributed by atoms with Crippen molar-refractivity contribution in [3.05, 3.63) is 77.1 Å². The molecule has 0 saturated heterocycles. The molecule has 54 heavy (non-hydrogen) atoms. The summed E-state index contributed by atoms with van der Waals surface area (Å²) in [7, 11) is 3.98. The van der Waals surface area contributed by atoms with E-state index in [0.717, 1.165) is 62.6 Å². The second kappa shape index (κ2) is 13.8. The lowest BCUT2D eigenvalue weighted by Gasteiger charge is -2.72. The molecule has 0 radical (unpaired) electrons. The SMILES string of the molecule is C=C(C)[C@@H]1CCC2(C(=O)NCc3cc(C(=O)NCc4ccc(N(C)C)cc4)ccc3F)CC[C@]3(C)C(CCC4C5(C)CCC(O)C(C)(C)C5CCC43C)C12. The van der Waals surface area contributed by atoms with Gasteiger partial charge in [-0.3, -0.25) is 9.59 Å². The number of anilines is 1. The Morgan fingerprint density at radius 2 is 1.56 bits per heavy atom. The lowest BCUT2D eigenvalue weighted by atomic mass is 9.32. The lowest BCUT2D eigenvalue weighted by Crippen LogP contribution is -2.67. The predicted octanol–water partition coefficient (Wildman–Crippen LogP) is 9.46.